The molecule has 0 unspecified atom stereocenters. The number of hydrogen-bond acceptors (Lipinski definition) is 5. The van der Waals surface area contributed by atoms with Gasteiger partial charge < -0.3 is 18.3 Å². The Morgan fingerprint density at radius 3 is 1.66 bits per heavy atom. The first-order chi connectivity index (χ1) is 20.2. The van der Waals surface area contributed by atoms with Gasteiger partial charge in [-0.2, -0.15) is 0 Å². The van der Waals surface area contributed by atoms with Crippen LogP contribution in [-0.4, -0.2) is 12.6 Å². The van der Waals surface area contributed by atoms with Crippen LogP contribution in [0.3, 0.4) is 0 Å². The van der Waals surface area contributed by atoms with Crippen LogP contribution < -0.4 is 4.74 Å². The summed E-state index contributed by atoms with van der Waals surface area (Å²) < 4.78 is 21.8. The molecule has 2 heterocycles. The molecule has 3 aromatic carbocycles. The summed E-state index contributed by atoms with van der Waals surface area (Å²) in [7, 11) is 0. The number of carbonyl (C=O) groups is 1. The van der Waals surface area contributed by atoms with Crippen molar-refractivity contribution >= 4 is 43.8 Å². The first kappa shape index (κ1) is 37.2. The summed E-state index contributed by atoms with van der Waals surface area (Å²) in [4.78, 5) is 11.6. The lowest BCUT2D eigenvalue weighted by Crippen LogP contribution is -2.04. The molecule has 41 heavy (non-hydrogen) atoms. The lowest BCUT2D eigenvalue weighted by atomic mass is 10.2. The lowest BCUT2D eigenvalue weighted by Gasteiger charge is -2.05. The van der Waals surface area contributed by atoms with Crippen molar-refractivity contribution in [2.24, 2.45) is 0 Å². The number of rotatable bonds is 6. The number of benzene rings is 3. The normalized spacial score (nSPS) is 9.07. The van der Waals surface area contributed by atoms with Crippen LogP contribution in [0.2, 0.25) is 0 Å². The minimum Gasteiger partial charge on any atom is -0.486 e. The largest absolute Gasteiger partial charge is 0.486 e. The molecule has 2 aromatic heterocycles. The van der Waals surface area contributed by atoms with Crippen molar-refractivity contribution in [3.8, 4) is 5.75 Å². The Morgan fingerprint density at radius 1 is 0.732 bits per heavy atom. The van der Waals surface area contributed by atoms with Crippen LogP contribution in [0.1, 0.15) is 70.3 Å². The predicted molar refractivity (Wildman–Crippen MR) is 177 cm³/mol. The van der Waals surface area contributed by atoms with Crippen LogP contribution in [0.15, 0.2) is 107 Å². The maximum Gasteiger partial charge on any atom is 0.338 e. The second-order valence-electron chi connectivity index (χ2n) is 7.17. The molecule has 222 valence electrons. The lowest BCUT2D eigenvalue weighted by molar-refractivity contribution is 0.0526. The standard InChI is InChI=1S/C18H16O4.C9H7BrO.3C2H6.C2H4/c1-2-20-18(19)13-7-9-15(10-8-13)21-12-16-11-14-5-3-4-6-17(14)22-16;10-6-8-5-7-3-1-2-4-9(7)11-8;4*1-2/h3-11H,2,12H2,1H3;1-5H,6H2;3*1-2H3;1-2H2. The minimum atomic E-state index is -0.327. The average Bonchev–Trinajstić information content (AvgIpc) is 3.68. The Labute approximate surface area is 254 Å². The van der Waals surface area contributed by atoms with Crippen LogP contribution in [-0.2, 0) is 16.7 Å². The third-order valence-electron chi connectivity index (χ3n) is 4.83. The molecule has 0 aliphatic carbocycles. The van der Waals surface area contributed by atoms with Gasteiger partial charge in [0.05, 0.1) is 17.5 Å². The van der Waals surface area contributed by atoms with Crippen molar-refractivity contribution < 1.29 is 23.1 Å². The van der Waals surface area contributed by atoms with E-state index in [1.54, 1.807) is 31.2 Å². The molecule has 6 heteroatoms. The van der Waals surface area contributed by atoms with E-state index in [0.29, 0.717) is 24.5 Å². The van der Waals surface area contributed by atoms with Crippen molar-refractivity contribution in [3.63, 3.8) is 0 Å². The van der Waals surface area contributed by atoms with Crippen LogP contribution >= 0.6 is 15.9 Å². The van der Waals surface area contributed by atoms with E-state index in [1.807, 2.05) is 102 Å². The number of halogens is 1. The molecule has 0 spiro atoms. The molecule has 5 aromatic rings. The molecule has 0 amide bonds. The number of furan rings is 2. The number of carbonyl (C=O) groups excluding carboxylic acids is 1. The van der Waals surface area contributed by atoms with Gasteiger partial charge in [0.2, 0.25) is 0 Å². The molecular weight excluding hydrogens is 580 g/mol. The zero-order valence-corrected chi connectivity index (χ0v) is 27.1. The van der Waals surface area contributed by atoms with Crippen molar-refractivity contribution in [3.05, 3.63) is 115 Å². The summed E-state index contributed by atoms with van der Waals surface area (Å²) in [5.41, 5.74) is 2.32. The van der Waals surface area contributed by atoms with Gasteiger partial charge in [-0.05, 0) is 55.5 Å². The highest BCUT2D eigenvalue weighted by Crippen LogP contribution is 2.21. The van der Waals surface area contributed by atoms with E-state index in [-0.39, 0.29) is 5.97 Å². The van der Waals surface area contributed by atoms with E-state index in [0.717, 1.165) is 33.4 Å². The molecule has 0 radical (unpaired) electrons. The molecule has 0 N–H and O–H groups in total. The van der Waals surface area contributed by atoms with Crippen molar-refractivity contribution in [1.29, 1.82) is 0 Å². The van der Waals surface area contributed by atoms with Gasteiger partial charge in [-0.1, -0.05) is 93.9 Å². The highest BCUT2D eigenvalue weighted by atomic mass is 79.9. The molecule has 0 fully saturated rings. The topological polar surface area (TPSA) is 61.8 Å². The van der Waals surface area contributed by atoms with Gasteiger partial charge in [0.1, 0.15) is 35.0 Å². The maximum atomic E-state index is 11.6. The van der Waals surface area contributed by atoms with Crippen molar-refractivity contribution in [1.82, 2.24) is 0 Å². The van der Waals surface area contributed by atoms with Crippen molar-refractivity contribution in [2.45, 2.75) is 60.4 Å². The predicted octanol–water partition coefficient (Wildman–Crippen LogP) is 11.4. The third-order valence-corrected chi connectivity index (χ3v) is 5.38. The van der Waals surface area contributed by atoms with Gasteiger partial charge in [0.15, 0.2) is 0 Å². The molecular formula is C35H45BrO5. The summed E-state index contributed by atoms with van der Waals surface area (Å²) in [5.74, 6) is 2.08. The molecule has 0 saturated heterocycles. The van der Waals surface area contributed by atoms with Gasteiger partial charge in [0.25, 0.3) is 0 Å². The first-order valence-corrected chi connectivity index (χ1v) is 15.2. The Bertz CT molecular complexity index is 1290. The van der Waals surface area contributed by atoms with Crippen LogP contribution in [0, 0.1) is 0 Å². The Balaban J connectivity index is 0.000000706. The summed E-state index contributed by atoms with van der Waals surface area (Å²) in [6.07, 6.45) is 0. The van der Waals surface area contributed by atoms with E-state index in [2.05, 4.69) is 29.1 Å². The number of fused-ring (bicyclic) bond motifs is 2. The Morgan fingerprint density at radius 2 is 1.20 bits per heavy atom. The van der Waals surface area contributed by atoms with Gasteiger partial charge in [-0.3, -0.25) is 0 Å². The zero-order valence-electron chi connectivity index (χ0n) is 25.5. The number of hydrogen-bond donors (Lipinski definition) is 0. The third kappa shape index (κ3) is 12.5. The number of ether oxygens (including phenoxy) is 2. The average molecular weight is 626 g/mol. The molecule has 0 saturated carbocycles. The fourth-order valence-electron chi connectivity index (χ4n) is 3.27. The highest BCUT2D eigenvalue weighted by Gasteiger charge is 2.07. The number of alkyl halides is 1. The maximum absolute atomic E-state index is 11.6. The van der Waals surface area contributed by atoms with Crippen molar-refractivity contribution in [2.75, 3.05) is 6.61 Å². The van der Waals surface area contributed by atoms with Crippen LogP contribution in [0.5, 0.6) is 5.75 Å². The monoisotopic (exact) mass is 624 g/mol. The summed E-state index contributed by atoms with van der Waals surface area (Å²) >= 11 is 3.34. The molecule has 0 aliphatic heterocycles. The molecule has 5 rings (SSSR count). The zero-order chi connectivity index (χ0) is 31.0. The summed E-state index contributed by atoms with van der Waals surface area (Å²) in [6.45, 7) is 20.5. The minimum absolute atomic E-state index is 0.327. The smallest absolute Gasteiger partial charge is 0.338 e. The number of esters is 1. The van der Waals surface area contributed by atoms with Gasteiger partial charge in [0, 0.05) is 10.8 Å². The Kier molecular flexibility index (Phi) is 20.9. The fraction of sp³-hybridized carbons (Fsp3) is 0.286. The van der Waals surface area contributed by atoms with Gasteiger partial charge >= 0.3 is 5.97 Å². The van der Waals surface area contributed by atoms with E-state index in [1.165, 1.54) is 5.39 Å². The fourth-order valence-corrected chi connectivity index (χ4v) is 3.54. The van der Waals surface area contributed by atoms with E-state index in [4.69, 9.17) is 18.3 Å². The SMILES string of the molecule is BrCc1cc2ccccc2o1.C=C.CC.CC.CC.CCOC(=O)c1ccc(OCc2cc3ccccc3o2)cc1. The van der Waals surface area contributed by atoms with E-state index in [9.17, 15) is 4.79 Å². The summed E-state index contributed by atoms with van der Waals surface area (Å²) in [6, 6.07) is 26.7. The molecule has 0 bridgehead atoms. The van der Waals surface area contributed by atoms with E-state index >= 15 is 0 Å². The molecule has 0 atom stereocenters. The first-order valence-electron chi connectivity index (χ1n) is 14.1. The van der Waals surface area contributed by atoms with Gasteiger partial charge in [-0.15, -0.1) is 13.2 Å². The van der Waals surface area contributed by atoms with E-state index < -0.39 is 0 Å². The molecule has 5 nitrogen and oxygen atoms in total. The second-order valence-corrected chi connectivity index (χ2v) is 7.73. The summed E-state index contributed by atoms with van der Waals surface area (Å²) in [5, 5.41) is 3.00. The Hall–Kier alpha value is -3.77. The number of para-hydroxylation sites is 2. The highest BCUT2D eigenvalue weighted by molar-refractivity contribution is 9.08. The quantitative estimate of drug-likeness (QED) is 0.107. The van der Waals surface area contributed by atoms with Crippen LogP contribution in [0.4, 0.5) is 0 Å². The van der Waals surface area contributed by atoms with Crippen LogP contribution in [0.25, 0.3) is 21.9 Å². The van der Waals surface area contributed by atoms with Gasteiger partial charge in [-0.25, -0.2) is 4.79 Å². The second kappa shape index (κ2) is 23.0. The molecule has 0 aliphatic rings.